The molecule has 0 aliphatic rings. The Bertz CT molecular complexity index is 795. The van der Waals surface area contributed by atoms with Crippen molar-refractivity contribution in [3.8, 4) is 0 Å². The Labute approximate surface area is 122 Å². The molecule has 3 nitrogen and oxygen atoms in total. The standard InChI is InChI=1S/C17H17FN2O/c1-10-4-6-15-12(7-10)9-16(21-15)17(20-19)13-8-11(2)3-5-14(13)18/h3-9,17,20H,19H2,1-2H3. The molecule has 3 rings (SSSR count). The van der Waals surface area contributed by atoms with Crippen LogP contribution in [-0.2, 0) is 0 Å². The number of benzene rings is 2. The van der Waals surface area contributed by atoms with Crippen molar-refractivity contribution in [3.63, 3.8) is 0 Å². The van der Waals surface area contributed by atoms with Gasteiger partial charge in [0.15, 0.2) is 0 Å². The Balaban J connectivity index is 2.11. The van der Waals surface area contributed by atoms with Crippen molar-refractivity contribution >= 4 is 11.0 Å². The zero-order valence-electron chi connectivity index (χ0n) is 12.0. The minimum absolute atomic E-state index is 0.305. The molecule has 0 bridgehead atoms. The third-order valence-electron chi connectivity index (χ3n) is 3.60. The molecular weight excluding hydrogens is 267 g/mol. The number of rotatable bonds is 3. The maximum absolute atomic E-state index is 14.1. The fourth-order valence-electron chi connectivity index (χ4n) is 2.54. The second-order valence-electron chi connectivity index (χ2n) is 5.31. The molecule has 0 radical (unpaired) electrons. The predicted octanol–water partition coefficient (Wildman–Crippen LogP) is 3.74. The van der Waals surface area contributed by atoms with Crippen LogP contribution in [0.4, 0.5) is 4.39 Å². The number of hydrogen-bond donors (Lipinski definition) is 2. The van der Waals surface area contributed by atoms with E-state index in [4.69, 9.17) is 10.3 Å². The van der Waals surface area contributed by atoms with E-state index in [-0.39, 0.29) is 5.82 Å². The molecular formula is C17H17FN2O. The Morgan fingerprint density at radius 3 is 2.52 bits per heavy atom. The van der Waals surface area contributed by atoms with Crippen LogP contribution in [0.5, 0.6) is 0 Å². The zero-order chi connectivity index (χ0) is 15.0. The third-order valence-corrected chi connectivity index (χ3v) is 3.60. The highest BCUT2D eigenvalue weighted by atomic mass is 19.1. The van der Waals surface area contributed by atoms with Crippen LogP contribution in [0, 0.1) is 19.7 Å². The summed E-state index contributed by atoms with van der Waals surface area (Å²) in [5, 5.41) is 0.985. The predicted molar refractivity (Wildman–Crippen MR) is 81.3 cm³/mol. The first-order chi connectivity index (χ1) is 10.1. The van der Waals surface area contributed by atoms with E-state index in [1.807, 2.05) is 38.1 Å². The van der Waals surface area contributed by atoms with Crippen LogP contribution in [0.15, 0.2) is 46.9 Å². The van der Waals surface area contributed by atoms with E-state index in [0.717, 1.165) is 22.1 Å². The fourth-order valence-corrected chi connectivity index (χ4v) is 2.54. The van der Waals surface area contributed by atoms with Crippen LogP contribution in [-0.4, -0.2) is 0 Å². The molecule has 1 heterocycles. The summed E-state index contributed by atoms with van der Waals surface area (Å²) in [4.78, 5) is 0. The van der Waals surface area contributed by atoms with Gasteiger partial charge in [-0.2, -0.15) is 0 Å². The Hall–Kier alpha value is -2.17. The first-order valence-corrected chi connectivity index (χ1v) is 6.81. The summed E-state index contributed by atoms with van der Waals surface area (Å²) in [5.41, 5.74) is 6.01. The minimum Gasteiger partial charge on any atom is -0.459 e. The van der Waals surface area contributed by atoms with E-state index in [1.165, 1.54) is 6.07 Å². The highest BCUT2D eigenvalue weighted by molar-refractivity contribution is 5.79. The third kappa shape index (κ3) is 2.55. The van der Waals surface area contributed by atoms with Crippen LogP contribution in [0.25, 0.3) is 11.0 Å². The van der Waals surface area contributed by atoms with Gasteiger partial charge in [0.2, 0.25) is 0 Å². The van der Waals surface area contributed by atoms with E-state index in [9.17, 15) is 4.39 Å². The fraction of sp³-hybridized carbons (Fsp3) is 0.176. The Kier molecular flexibility index (Phi) is 3.49. The molecule has 1 unspecified atom stereocenters. The monoisotopic (exact) mass is 284 g/mol. The minimum atomic E-state index is -0.516. The number of hydrazine groups is 1. The molecule has 21 heavy (non-hydrogen) atoms. The van der Waals surface area contributed by atoms with Crippen LogP contribution >= 0.6 is 0 Å². The van der Waals surface area contributed by atoms with Gasteiger partial charge in [0, 0.05) is 10.9 Å². The van der Waals surface area contributed by atoms with Gasteiger partial charge in [0.05, 0.1) is 0 Å². The van der Waals surface area contributed by atoms with Crippen molar-refractivity contribution in [1.29, 1.82) is 0 Å². The number of hydrogen-bond acceptors (Lipinski definition) is 3. The molecule has 4 heteroatoms. The van der Waals surface area contributed by atoms with E-state index < -0.39 is 6.04 Å². The molecule has 0 saturated heterocycles. The highest BCUT2D eigenvalue weighted by Gasteiger charge is 2.20. The van der Waals surface area contributed by atoms with Gasteiger partial charge in [0.1, 0.15) is 23.2 Å². The molecule has 0 spiro atoms. The number of furan rings is 1. The second-order valence-corrected chi connectivity index (χ2v) is 5.31. The average molecular weight is 284 g/mol. The number of nitrogens with two attached hydrogens (primary N) is 1. The highest BCUT2D eigenvalue weighted by Crippen LogP contribution is 2.30. The van der Waals surface area contributed by atoms with E-state index in [0.29, 0.717) is 11.3 Å². The summed E-state index contributed by atoms with van der Waals surface area (Å²) >= 11 is 0. The zero-order valence-corrected chi connectivity index (χ0v) is 12.0. The largest absolute Gasteiger partial charge is 0.459 e. The SMILES string of the molecule is Cc1ccc(F)c(C(NN)c2cc3cc(C)ccc3o2)c1. The molecule has 0 aliphatic carbocycles. The quantitative estimate of drug-likeness (QED) is 0.569. The van der Waals surface area contributed by atoms with Gasteiger partial charge >= 0.3 is 0 Å². The Morgan fingerprint density at radius 2 is 1.76 bits per heavy atom. The van der Waals surface area contributed by atoms with Gasteiger partial charge in [0.25, 0.3) is 0 Å². The summed E-state index contributed by atoms with van der Waals surface area (Å²) in [6, 6.07) is 12.3. The normalized spacial score (nSPS) is 12.8. The van der Waals surface area contributed by atoms with Crippen molar-refractivity contribution in [3.05, 3.63) is 70.7 Å². The lowest BCUT2D eigenvalue weighted by Crippen LogP contribution is -2.29. The van der Waals surface area contributed by atoms with Gasteiger partial charge in [-0.25, -0.2) is 9.82 Å². The summed E-state index contributed by atoms with van der Waals surface area (Å²) in [6.45, 7) is 3.93. The first kappa shape index (κ1) is 13.8. The summed E-state index contributed by atoms with van der Waals surface area (Å²) < 4.78 is 19.9. The van der Waals surface area contributed by atoms with Crippen molar-refractivity contribution in [1.82, 2.24) is 5.43 Å². The molecule has 108 valence electrons. The number of aryl methyl sites for hydroxylation is 2. The van der Waals surface area contributed by atoms with Crippen molar-refractivity contribution in [2.45, 2.75) is 19.9 Å². The van der Waals surface area contributed by atoms with Crippen LogP contribution in [0.2, 0.25) is 0 Å². The number of nitrogens with one attached hydrogen (secondary N) is 1. The molecule has 3 aromatic rings. The molecule has 0 amide bonds. The lowest BCUT2D eigenvalue weighted by molar-refractivity contribution is 0.462. The van der Waals surface area contributed by atoms with Crippen LogP contribution in [0.1, 0.15) is 28.5 Å². The average Bonchev–Trinajstić information content (AvgIpc) is 2.86. The molecule has 3 N–H and O–H groups in total. The maximum atomic E-state index is 14.1. The summed E-state index contributed by atoms with van der Waals surface area (Å²) in [5.74, 6) is 5.93. The van der Waals surface area contributed by atoms with Gasteiger partial charge in [-0.1, -0.05) is 29.3 Å². The summed E-state index contributed by atoms with van der Waals surface area (Å²) in [7, 11) is 0. The molecule has 0 aliphatic heterocycles. The number of halogens is 1. The molecule has 1 aromatic heterocycles. The lowest BCUT2D eigenvalue weighted by atomic mass is 10.0. The maximum Gasteiger partial charge on any atom is 0.134 e. The van der Waals surface area contributed by atoms with Gasteiger partial charge in [-0.3, -0.25) is 5.84 Å². The van der Waals surface area contributed by atoms with Crippen molar-refractivity contribution < 1.29 is 8.81 Å². The topological polar surface area (TPSA) is 51.2 Å². The van der Waals surface area contributed by atoms with Crippen LogP contribution in [0.3, 0.4) is 0 Å². The van der Waals surface area contributed by atoms with Gasteiger partial charge < -0.3 is 4.42 Å². The first-order valence-electron chi connectivity index (χ1n) is 6.81. The van der Waals surface area contributed by atoms with Crippen molar-refractivity contribution in [2.75, 3.05) is 0 Å². The number of fused-ring (bicyclic) bond motifs is 1. The van der Waals surface area contributed by atoms with E-state index in [2.05, 4.69) is 5.43 Å². The molecule has 0 fully saturated rings. The van der Waals surface area contributed by atoms with Gasteiger partial charge in [-0.15, -0.1) is 0 Å². The molecule has 1 atom stereocenters. The summed E-state index contributed by atoms with van der Waals surface area (Å²) in [6.07, 6.45) is 0. The molecule has 2 aromatic carbocycles. The lowest BCUT2D eigenvalue weighted by Gasteiger charge is -2.15. The Morgan fingerprint density at radius 1 is 1.05 bits per heavy atom. The van der Waals surface area contributed by atoms with Crippen molar-refractivity contribution in [2.24, 2.45) is 5.84 Å². The van der Waals surface area contributed by atoms with E-state index >= 15 is 0 Å². The smallest absolute Gasteiger partial charge is 0.134 e. The second kappa shape index (κ2) is 5.31. The van der Waals surface area contributed by atoms with Crippen LogP contribution < -0.4 is 11.3 Å². The molecule has 0 saturated carbocycles. The van der Waals surface area contributed by atoms with E-state index in [1.54, 1.807) is 12.1 Å². The van der Waals surface area contributed by atoms with Gasteiger partial charge in [-0.05, 0) is 38.1 Å².